The molecule has 2 aliphatic rings. The number of carbonyl (C=O) groups is 1. The average molecular weight is 409 g/mol. The molecule has 156 valence electrons. The minimum atomic E-state index is -3.50. The lowest BCUT2D eigenvalue weighted by Crippen LogP contribution is -2.43. The van der Waals surface area contributed by atoms with Crippen LogP contribution in [0.4, 0.5) is 0 Å². The second kappa shape index (κ2) is 8.93. The van der Waals surface area contributed by atoms with Crippen molar-refractivity contribution in [2.75, 3.05) is 19.6 Å². The van der Waals surface area contributed by atoms with Crippen LogP contribution < -0.4 is 5.32 Å². The summed E-state index contributed by atoms with van der Waals surface area (Å²) >= 11 is 0. The molecule has 7 heteroatoms. The molecular formula is C21H32N2O4S. The molecule has 0 spiro atoms. The number of nitrogens with one attached hydrogen (secondary N) is 1. The first-order valence-electron chi connectivity index (χ1n) is 10.3. The van der Waals surface area contributed by atoms with Crippen molar-refractivity contribution in [2.24, 2.45) is 11.8 Å². The highest BCUT2D eigenvalue weighted by atomic mass is 32.2. The van der Waals surface area contributed by atoms with E-state index in [9.17, 15) is 18.3 Å². The summed E-state index contributed by atoms with van der Waals surface area (Å²) in [5, 5.41) is 12.4. The molecule has 6 nitrogen and oxygen atoms in total. The summed E-state index contributed by atoms with van der Waals surface area (Å²) < 4.78 is 27.5. The largest absolute Gasteiger partial charge is 0.393 e. The van der Waals surface area contributed by atoms with Crippen LogP contribution in [0, 0.1) is 11.8 Å². The van der Waals surface area contributed by atoms with E-state index in [1.807, 2.05) is 19.1 Å². The Morgan fingerprint density at radius 3 is 2.57 bits per heavy atom. The van der Waals surface area contributed by atoms with Gasteiger partial charge in [-0.15, -0.1) is 0 Å². The molecule has 1 amide bonds. The van der Waals surface area contributed by atoms with Gasteiger partial charge in [-0.25, -0.2) is 8.42 Å². The van der Waals surface area contributed by atoms with Gasteiger partial charge in [-0.05, 0) is 74.6 Å². The molecule has 0 saturated carbocycles. The molecule has 3 rings (SSSR count). The van der Waals surface area contributed by atoms with Crippen molar-refractivity contribution < 1.29 is 18.3 Å². The van der Waals surface area contributed by atoms with E-state index in [4.69, 9.17) is 0 Å². The smallest absolute Gasteiger partial charge is 0.243 e. The Balaban J connectivity index is 1.53. The van der Waals surface area contributed by atoms with Crippen molar-refractivity contribution in [2.45, 2.75) is 63.4 Å². The first-order chi connectivity index (χ1) is 13.3. The fraction of sp³-hybridized carbons (Fsp3) is 0.667. The Morgan fingerprint density at radius 2 is 1.89 bits per heavy atom. The third-order valence-corrected chi connectivity index (χ3v) is 7.80. The van der Waals surface area contributed by atoms with Gasteiger partial charge in [-0.1, -0.05) is 13.0 Å². The van der Waals surface area contributed by atoms with Crippen LogP contribution in [-0.4, -0.2) is 49.5 Å². The number of sulfonamides is 1. The Morgan fingerprint density at radius 1 is 1.21 bits per heavy atom. The summed E-state index contributed by atoms with van der Waals surface area (Å²) in [6.45, 7) is 5.03. The molecule has 1 fully saturated rings. The van der Waals surface area contributed by atoms with Crippen molar-refractivity contribution in [3.8, 4) is 0 Å². The van der Waals surface area contributed by atoms with Crippen LogP contribution in [-0.2, 0) is 27.7 Å². The first-order valence-corrected chi connectivity index (χ1v) is 11.8. The molecule has 1 saturated heterocycles. The van der Waals surface area contributed by atoms with E-state index in [0.29, 0.717) is 43.8 Å². The number of hydrogen-bond donors (Lipinski definition) is 2. The minimum Gasteiger partial charge on any atom is -0.393 e. The van der Waals surface area contributed by atoms with Crippen molar-refractivity contribution >= 4 is 15.9 Å². The maximum absolute atomic E-state index is 13.0. The lowest BCUT2D eigenvalue weighted by molar-refractivity contribution is -0.126. The third kappa shape index (κ3) is 4.93. The van der Waals surface area contributed by atoms with E-state index in [0.717, 1.165) is 24.8 Å². The molecule has 1 aliphatic heterocycles. The van der Waals surface area contributed by atoms with Crippen LogP contribution in [0.3, 0.4) is 0 Å². The third-order valence-electron chi connectivity index (χ3n) is 5.90. The van der Waals surface area contributed by atoms with E-state index in [1.54, 1.807) is 13.0 Å². The summed E-state index contributed by atoms with van der Waals surface area (Å²) in [6.07, 6.45) is 4.44. The summed E-state index contributed by atoms with van der Waals surface area (Å²) in [5.41, 5.74) is 2.42. The van der Waals surface area contributed by atoms with Gasteiger partial charge >= 0.3 is 0 Å². The quantitative estimate of drug-likeness (QED) is 0.723. The molecule has 0 unspecified atom stereocenters. The van der Waals surface area contributed by atoms with E-state index in [1.165, 1.54) is 9.87 Å². The number of fused-ring (bicyclic) bond motifs is 1. The van der Waals surface area contributed by atoms with E-state index in [2.05, 4.69) is 5.32 Å². The Labute approximate surface area is 168 Å². The molecule has 0 radical (unpaired) electrons. The van der Waals surface area contributed by atoms with Crippen LogP contribution in [0.5, 0.6) is 0 Å². The van der Waals surface area contributed by atoms with Gasteiger partial charge < -0.3 is 10.4 Å². The summed E-state index contributed by atoms with van der Waals surface area (Å²) in [7, 11) is -3.50. The van der Waals surface area contributed by atoms with Gasteiger partial charge in [0.05, 0.1) is 11.0 Å². The molecule has 1 heterocycles. The van der Waals surface area contributed by atoms with Crippen LogP contribution >= 0.6 is 0 Å². The fourth-order valence-corrected chi connectivity index (χ4v) is 5.82. The van der Waals surface area contributed by atoms with E-state index < -0.39 is 10.0 Å². The van der Waals surface area contributed by atoms with Crippen molar-refractivity contribution in [3.05, 3.63) is 29.3 Å². The maximum Gasteiger partial charge on any atom is 0.243 e. The van der Waals surface area contributed by atoms with Gasteiger partial charge in [0.15, 0.2) is 0 Å². The SMILES string of the molecule is C[C@@H](CNC(=O)C1CCN(S(=O)(=O)c2ccc3c(c2)CCC3)CC1)C[C@H](C)O. The second-order valence-electron chi connectivity index (χ2n) is 8.40. The average Bonchev–Trinajstić information content (AvgIpc) is 3.13. The number of aliphatic hydroxyl groups is 1. The van der Waals surface area contributed by atoms with Crippen LogP contribution in [0.15, 0.2) is 23.1 Å². The molecule has 28 heavy (non-hydrogen) atoms. The minimum absolute atomic E-state index is 0.00739. The number of piperidine rings is 1. The van der Waals surface area contributed by atoms with E-state index >= 15 is 0 Å². The Bertz CT molecular complexity index is 799. The summed E-state index contributed by atoms with van der Waals surface area (Å²) in [5.74, 6) is 0.0569. The number of aliphatic hydroxyl groups excluding tert-OH is 1. The van der Waals surface area contributed by atoms with Crippen LogP contribution in [0.2, 0.25) is 0 Å². The molecule has 0 bridgehead atoms. The van der Waals surface area contributed by atoms with Gasteiger partial charge in [0, 0.05) is 25.6 Å². The number of nitrogens with zero attached hydrogens (tertiary/aromatic N) is 1. The van der Waals surface area contributed by atoms with Crippen molar-refractivity contribution in [1.82, 2.24) is 9.62 Å². The highest BCUT2D eigenvalue weighted by molar-refractivity contribution is 7.89. The van der Waals surface area contributed by atoms with E-state index in [-0.39, 0.29) is 23.8 Å². The zero-order valence-electron chi connectivity index (χ0n) is 16.9. The number of amides is 1. The monoisotopic (exact) mass is 408 g/mol. The van der Waals surface area contributed by atoms with Gasteiger partial charge in [0.2, 0.25) is 15.9 Å². The number of benzene rings is 1. The number of rotatable bonds is 7. The molecule has 2 atom stereocenters. The number of aryl methyl sites for hydroxylation is 2. The molecule has 1 aliphatic carbocycles. The standard InChI is InChI=1S/C21H32N2O4S/c1-15(12-16(2)24)14-22-21(25)18-8-10-23(11-9-18)28(26,27)20-7-6-17-4-3-5-19(17)13-20/h6-7,13,15-16,18,24H,3-5,8-12,14H2,1-2H3,(H,22,25)/t15-,16+/m1/s1. The van der Waals surface area contributed by atoms with Crippen LogP contribution in [0.1, 0.15) is 50.7 Å². The fourth-order valence-electron chi connectivity index (χ4n) is 4.30. The molecular weight excluding hydrogens is 376 g/mol. The number of hydrogen-bond acceptors (Lipinski definition) is 4. The second-order valence-corrected chi connectivity index (χ2v) is 10.3. The van der Waals surface area contributed by atoms with Crippen molar-refractivity contribution in [3.63, 3.8) is 0 Å². The Hall–Kier alpha value is -1.44. The first kappa shape index (κ1) is 21.3. The molecule has 1 aromatic carbocycles. The summed E-state index contributed by atoms with van der Waals surface area (Å²) in [4.78, 5) is 12.8. The maximum atomic E-state index is 13.0. The Kier molecular flexibility index (Phi) is 6.78. The molecule has 2 N–H and O–H groups in total. The van der Waals surface area contributed by atoms with Gasteiger partial charge in [-0.2, -0.15) is 4.31 Å². The summed E-state index contributed by atoms with van der Waals surface area (Å²) in [6, 6.07) is 5.51. The van der Waals surface area contributed by atoms with Gasteiger partial charge in [0.25, 0.3) is 0 Å². The van der Waals surface area contributed by atoms with Crippen LogP contribution in [0.25, 0.3) is 0 Å². The topological polar surface area (TPSA) is 86.7 Å². The predicted octanol–water partition coefficient (Wildman–Crippen LogP) is 2.10. The molecule has 1 aromatic rings. The number of carbonyl (C=O) groups excluding carboxylic acids is 1. The zero-order valence-corrected chi connectivity index (χ0v) is 17.7. The van der Waals surface area contributed by atoms with Gasteiger partial charge in [-0.3, -0.25) is 4.79 Å². The lowest BCUT2D eigenvalue weighted by Gasteiger charge is -2.31. The highest BCUT2D eigenvalue weighted by Crippen LogP contribution is 2.28. The van der Waals surface area contributed by atoms with Gasteiger partial charge in [0.1, 0.15) is 0 Å². The van der Waals surface area contributed by atoms with Crippen molar-refractivity contribution in [1.29, 1.82) is 0 Å². The lowest BCUT2D eigenvalue weighted by atomic mass is 9.96. The normalized spacial score (nSPS) is 20.5. The highest BCUT2D eigenvalue weighted by Gasteiger charge is 2.32. The molecule has 0 aromatic heterocycles. The predicted molar refractivity (Wildman–Crippen MR) is 108 cm³/mol. The zero-order chi connectivity index (χ0) is 20.3.